The summed E-state index contributed by atoms with van der Waals surface area (Å²) in [7, 11) is 0. The van der Waals surface area contributed by atoms with Crippen molar-refractivity contribution in [3.63, 3.8) is 0 Å². The largest absolute Gasteiger partial charge is 0.398 e. The first-order chi connectivity index (χ1) is 12.6. The van der Waals surface area contributed by atoms with E-state index in [-0.39, 0.29) is 24.3 Å². The van der Waals surface area contributed by atoms with Gasteiger partial charge in [-0.1, -0.05) is 0 Å². The van der Waals surface area contributed by atoms with Crippen LogP contribution < -0.4 is 11.1 Å². The van der Waals surface area contributed by atoms with Crippen molar-refractivity contribution in [2.75, 3.05) is 17.7 Å². The van der Waals surface area contributed by atoms with Crippen molar-refractivity contribution in [2.24, 2.45) is 11.8 Å². The predicted octanol–water partition coefficient (Wildman–Crippen LogP) is 2.75. The number of nitrogens with two attached hydrogens (primary N) is 1. The molecule has 3 aromatic rings. The van der Waals surface area contributed by atoms with Crippen molar-refractivity contribution in [2.45, 2.75) is 13.3 Å². The van der Waals surface area contributed by atoms with Crippen molar-refractivity contribution >= 4 is 28.2 Å². The van der Waals surface area contributed by atoms with Gasteiger partial charge in [0, 0.05) is 47.8 Å². The van der Waals surface area contributed by atoms with Crippen LogP contribution in [0.25, 0.3) is 21.9 Å². The van der Waals surface area contributed by atoms with Gasteiger partial charge in [0.25, 0.3) is 0 Å². The number of aryl methyl sites for hydroxylation is 1. The second kappa shape index (κ2) is 6.38. The fourth-order valence-corrected chi connectivity index (χ4v) is 3.27. The lowest BCUT2D eigenvalue weighted by Crippen LogP contribution is -2.16. The van der Waals surface area contributed by atoms with Crippen molar-refractivity contribution in [1.29, 1.82) is 0 Å². The second-order valence-electron chi connectivity index (χ2n) is 6.82. The average Bonchev–Trinajstić information content (AvgIpc) is 3.42. The number of amides is 1. The van der Waals surface area contributed by atoms with E-state index in [0.717, 1.165) is 33.9 Å². The highest BCUT2D eigenvalue weighted by Gasteiger charge is 2.42. The van der Waals surface area contributed by atoms with Gasteiger partial charge in [-0.15, -0.1) is 0 Å². The number of aliphatic hydroxyl groups excluding tert-OH is 1. The van der Waals surface area contributed by atoms with Crippen LogP contribution in [0.3, 0.4) is 0 Å². The van der Waals surface area contributed by atoms with Crippen molar-refractivity contribution in [3.05, 3.63) is 48.4 Å². The monoisotopic (exact) mass is 348 g/mol. The molecule has 132 valence electrons. The molecule has 0 spiro atoms. The van der Waals surface area contributed by atoms with Gasteiger partial charge in [0.05, 0.1) is 0 Å². The number of hydrogen-bond donors (Lipinski definition) is 3. The van der Waals surface area contributed by atoms with E-state index in [1.807, 2.05) is 37.4 Å². The van der Waals surface area contributed by atoms with Crippen LogP contribution in [0.15, 0.2) is 42.9 Å². The summed E-state index contributed by atoms with van der Waals surface area (Å²) in [6, 6.07) is 7.74. The molecule has 4 rings (SSSR count). The van der Waals surface area contributed by atoms with E-state index < -0.39 is 0 Å². The van der Waals surface area contributed by atoms with Gasteiger partial charge >= 0.3 is 0 Å². The molecular formula is C20H20N4O2. The molecule has 26 heavy (non-hydrogen) atoms. The third kappa shape index (κ3) is 2.99. The van der Waals surface area contributed by atoms with E-state index in [2.05, 4.69) is 15.3 Å². The number of hydrogen-bond acceptors (Lipinski definition) is 5. The van der Waals surface area contributed by atoms with Gasteiger partial charge in [0.1, 0.15) is 5.82 Å². The predicted molar refractivity (Wildman–Crippen MR) is 101 cm³/mol. The third-order valence-electron chi connectivity index (χ3n) is 4.96. The summed E-state index contributed by atoms with van der Waals surface area (Å²) in [5, 5.41) is 13.7. The Kier molecular flexibility index (Phi) is 4.05. The molecule has 6 heteroatoms. The number of pyridine rings is 2. The Balaban J connectivity index is 1.68. The van der Waals surface area contributed by atoms with E-state index >= 15 is 0 Å². The topological polar surface area (TPSA) is 101 Å². The Morgan fingerprint density at radius 3 is 2.92 bits per heavy atom. The number of nitrogens with zero attached hydrogens (tertiary/aromatic N) is 2. The molecule has 1 aromatic carbocycles. The van der Waals surface area contributed by atoms with Gasteiger partial charge in [-0.05, 0) is 60.0 Å². The Morgan fingerprint density at radius 2 is 2.19 bits per heavy atom. The summed E-state index contributed by atoms with van der Waals surface area (Å²) in [5.74, 6) is 0.354. The zero-order chi connectivity index (χ0) is 18.3. The summed E-state index contributed by atoms with van der Waals surface area (Å²) < 4.78 is 0. The molecule has 4 N–H and O–H groups in total. The van der Waals surface area contributed by atoms with Crippen LogP contribution in [-0.4, -0.2) is 27.6 Å². The maximum Gasteiger partial charge on any atom is 0.229 e. The Morgan fingerprint density at radius 1 is 1.35 bits per heavy atom. The van der Waals surface area contributed by atoms with E-state index in [1.54, 1.807) is 12.4 Å². The SMILES string of the molecule is Cc1ccncc1-c1cc(N)c2cnc(NC(=O)C3C[C@@H]3CO)cc2c1. The maximum atomic E-state index is 12.2. The number of rotatable bonds is 4. The number of fused-ring (bicyclic) bond motifs is 1. The summed E-state index contributed by atoms with van der Waals surface area (Å²) in [5.41, 5.74) is 9.96. The fourth-order valence-electron chi connectivity index (χ4n) is 3.27. The molecule has 1 amide bonds. The van der Waals surface area contributed by atoms with Crippen LogP contribution in [0.4, 0.5) is 11.5 Å². The van der Waals surface area contributed by atoms with Crippen LogP contribution in [0, 0.1) is 18.8 Å². The first-order valence-corrected chi connectivity index (χ1v) is 8.59. The summed E-state index contributed by atoms with van der Waals surface area (Å²) in [6.07, 6.45) is 5.99. The van der Waals surface area contributed by atoms with Gasteiger partial charge in [-0.2, -0.15) is 0 Å². The van der Waals surface area contributed by atoms with E-state index in [0.29, 0.717) is 11.5 Å². The lowest BCUT2D eigenvalue weighted by molar-refractivity contribution is -0.117. The van der Waals surface area contributed by atoms with Crippen LogP contribution >= 0.6 is 0 Å². The molecule has 2 aromatic heterocycles. The molecule has 1 fully saturated rings. The molecule has 1 aliphatic rings. The van der Waals surface area contributed by atoms with Gasteiger partial charge in [0.2, 0.25) is 5.91 Å². The lowest BCUT2D eigenvalue weighted by atomic mass is 9.99. The van der Waals surface area contributed by atoms with Gasteiger partial charge in [-0.3, -0.25) is 9.78 Å². The number of carbonyl (C=O) groups excluding carboxylic acids is 1. The highest BCUT2D eigenvalue weighted by Crippen LogP contribution is 2.39. The lowest BCUT2D eigenvalue weighted by Gasteiger charge is -2.11. The highest BCUT2D eigenvalue weighted by molar-refractivity contribution is 6.00. The van der Waals surface area contributed by atoms with Crippen molar-refractivity contribution in [1.82, 2.24) is 9.97 Å². The van der Waals surface area contributed by atoms with E-state index in [4.69, 9.17) is 10.8 Å². The Hall–Kier alpha value is -2.99. The van der Waals surface area contributed by atoms with E-state index in [1.165, 1.54) is 0 Å². The molecule has 1 unspecified atom stereocenters. The fraction of sp³-hybridized carbons (Fsp3) is 0.250. The Labute approximate surface area is 151 Å². The molecule has 0 radical (unpaired) electrons. The van der Waals surface area contributed by atoms with Crippen LogP contribution in [0.1, 0.15) is 12.0 Å². The molecule has 1 saturated carbocycles. The quantitative estimate of drug-likeness (QED) is 0.629. The first-order valence-electron chi connectivity index (χ1n) is 8.59. The highest BCUT2D eigenvalue weighted by atomic mass is 16.3. The zero-order valence-corrected chi connectivity index (χ0v) is 14.4. The summed E-state index contributed by atoms with van der Waals surface area (Å²) in [6.45, 7) is 2.08. The molecule has 0 saturated heterocycles. The second-order valence-corrected chi connectivity index (χ2v) is 6.82. The maximum absolute atomic E-state index is 12.2. The van der Waals surface area contributed by atoms with E-state index in [9.17, 15) is 4.79 Å². The van der Waals surface area contributed by atoms with Gasteiger partial charge in [-0.25, -0.2) is 4.98 Å². The molecule has 2 heterocycles. The molecule has 0 aliphatic heterocycles. The van der Waals surface area contributed by atoms with Crippen LogP contribution in [0.5, 0.6) is 0 Å². The number of carbonyl (C=O) groups is 1. The standard InChI is InChI=1S/C20H20N4O2/c1-11-2-3-22-8-16(11)12-4-13-7-19(23-9-17(13)18(21)6-12)24-20(26)15-5-14(15)10-25/h2-4,6-9,14-15,25H,5,10,21H2,1H3,(H,23,24,26)/t14-,15?/m1/s1. The minimum absolute atomic E-state index is 0.0492. The smallest absolute Gasteiger partial charge is 0.229 e. The Bertz CT molecular complexity index is 1000. The number of anilines is 2. The molecule has 2 atom stereocenters. The normalized spacial score (nSPS) is 18.7. The third-order valence-corrected chi connectivity index (χ3v) is 4.96. The number of nitrogens with one attached hydrogen (secondary N) is 1. The molecule has 0 bridgehead atoms. The minimum Gasteiger partial charge on any atom is -0.398 e. The molecule has 6 nitrogen and oxygen atoms in total. The number of benzene rings is 1. The van der Waals surface area contributed by atoms with Gasteiger partial charge in [0.15, 0.2) is 0 Å². The van der Waals surface area contributed by atoms with Crippen LogP contribution in [0.2, 0.25) is 0 Å². The first kappa shape index (κ1) is 16.5. The van der Waals surface area contributed by atoms with Crippen molar-refractivity contribution in [3.8, 4) is 11.1 Å². The molecular weight excluding hydrogens is 328 g/mol. The van der Waals surface area contributed by atoms with Crippen molar-refractivity contribution < 1.29 is 9.90 Å². The zero-order valence-electron chi connectivity index (χ0n) is 14.4. The summed E-state index contributed by atoms with van der Waals surface area (Å²) in [4.78, 5) is 20.7. The minimum atomic E-state index is -0.119. The van der Waals surface area contributed by atoms with Crippen LogP contribution in [-0.2, 0) is 4.79 Å². The summed E-state index contributed by atoms with van der Waals surface area (Å²) >= 11 is 0. The number of nitrogen functional groups attached to an aromatic ring is 1. The molecule has 1 aliphatic carbocycles. The average molecular weight is 348 g/mol. The number of aliphatic hydroxyl groups is 1. The number of aromatic nitrogens is 2. The van der Waals surface area contributed by atoms with Gasteiger partial charge < -0.3 is 16.2 Å².